The maximum absolute atomic E-state index is 11.8. The lowest BCUT2D eigenvalue weighted by molar-refractivity contribution is -0.176. The molecule has 5 nitrogen and oxygen atoms in total. The molecular weight excluding hydrogens is 372 g/mol. The Kier molecular flexibility index (Phi) is 12.0. The van der Waals surface area contributed by atoms with Crippen LogP contribution in [-0.2, 0) is 25.0 Å². The smallest absolute Gasteiger partial charge is 0.495 e. The number of methoxy groups -OCH3 is 1. The van der Waals surface area contributed by atoms with Crippen molar-refractivity contribution in [3.8, 4) is 5.75 Å². The summed E-state index contributed by atoms with van der Waals surface area (Å²) in [5.74, 6) is 0.412. The Balaban J connectivity index is 0.000000561. The summed E-state index contributed by atoms with van der Waals surface area (Å²) in [7, 11) is -0.399. The SMILES string of the molecule is CCO[P+](=O)OCC.COc1cc(COCC(F)(F)F)ccc1Cl. The van der Waals surface area contributed by atoms with Gasteiger partial charge >= 0.3 is 14.4 Å². The summed E-state index contributed by atoms with van der Waals surface area (Å²) in [6, 6.07) is 4.67. The van der Waals surface area contributed by atoms with Crippen molar-refractivity contribution in [3.63, 3.8) is 0 Å². The van der Waals surface area contributed by atoms with Crippen LogP contribution in [0.1, 0.15) is 19.4 Å². The first-order valence-corrected chi connectivity index (χ1v) is 8.40. The lowest BCUT2D eigenvalue weighted by atomic mass is 10.2. The summed E-state index contributed by atoms with van der Waals surface area (Å²) in [6.07, 6.45) is -4.31. The number of hydrogen-bond acceptors (Lipinski definition) is 5. The number of benzene rings is 1. The van der Waals surface area contributed by atoms with Gasteiger partial charge in [0.15, 0.2) is 0 Å². The van der Waals surface area contributed by atoms with E-state index in [0.717, 1.165) is 0 Å². The highest BCUT2D eigenvalue weighted by molar-refractivity contribution is 7.33. The van der Waals surface area contributed by atoms with Crippen LogP contribution in [0.15, 0.2) is 18.2 Å². The lowest BCUT2D eigenvalue weighted by Gasteiger charge is -2.09. The fourth-order valence-electron chi connectivity index (χ4n) is 1.33. The fourth-order valence-corrected chi connectivity index (χ4v) is 2.02. The standard InChI is InChI=1S/C10H10ClF3O2.C4H10O3P/c1-15-9-4-7(2-3-8(9)11)5-16-6-10(12,13)14;1-3-6-8(5)7-4-2/h2-4H,5-6H2,1H3;3-4H2,1-2H3/q;+1. The molecule has 0 aliphatic carbocycles. The molecule has 10 heteroatoms. The van der Waals surface area contributed by atoms with Crippen molar-refractivity contribution in [2.75, 3.05) is 26.9 Å². The third kappa shape index (κ3) is 11.6. The van der Waals surface area contributed by atoms with Gasteiger partial charge < -0.3 is 9.47 Å². The molecule has 0 saturated heterocycles. The second kappa shape index (κ2) is 12.4. The van der Waals surface area contributed by atoms with Crippen LogP contribution in [0.25, 0.3) is 0 Å². The fraction of sp³-hybridized carbons (Fsp3) is 0.571. The highest BCUT2D eigenvalue weighted by Crippen LogP contribution is 2.25. The largest absolute Gasteiger partial charge is 0.697 e. The van der Waals surface area contributed by atoms with Crippen LogP contribution in [0.4, 0.5) is 13.2 Å². The minimum absolute atomic E-state index is 0.132. The molecule has 0 aliphatic rings. The van der Waals surface area contributed by atoms with Crippen molar-refractivity contribution in [1.82, 2.24) is 0 Å². The first-order chi connectivity index (χ1) is 11.2. The first kappa shape index (κ1) is 23.1. The zero-order valence-corrected chi connectivity index (χ0v) is 15.2. The van der Waals surface area contributed by atoms with Crippen LogP contribution in [-0.4, -0.2) is 33.1 Å². The molecule has 0 bridgehead atoms. The number of halogens is 4. The highest BCUT2D eigenvalue weighted by Gasteiger charge is 2.27. The Morgan fingerprint density at radius 3 is 2.21 bits per heavy atom. The molecule has 0 fully saturated rings. The number of alkyl halides is 3. The van der Waals surface area contributed by atoms with Gasteiger partial charge in [0.1, 0.15) is 25.6 Å². The van der Waals surface area contributed by atoms with E-state index in [-0.39, 0.29) is 6.61 Å². The maximum atomic E-state index is 11.8. The molecule has 0 aromatic heterocycles. The predicted molar refractivity (Wildman–Crippen MR) is 84.6 cm³/mol. The van der Waals surface area contributed by atoms with Crippen LogP contribution in [0.5, 0.6) is 5.75 Å². The van der Waals surface area contributed by atoms with Crippen LogP contribution < -0.4 is 4.74 Å². The molecule has 0 heterocycles. The maximum Gasteiger partial charge on any atom is 0.697 e. The molecule has 0 N–H and O–H groups in total. The van der Waals surface area contributed by atoms with Crippen molar-refractivity contribution in [2.24, 2.45) is 0 Å². The van der Waals surface area contributed by atoms with Gasteiger partial charge in [-0.2, -0.15) is 13.2 Å². The molecule has 1 aromatic carbocycles. The average Bonchev–Trinajstić information content (AvgIpc) is 2.49. The van der Waals surface area contributed by atoms with Gasteiger partial charge in [0.25, 0.3) is 0 Å². The molecule has 138 valence electrons. The van der Waals surface area contributed by atoms with Crippen molar-refractivity contribution in [1.29, 1.82) is 0 Å². The topological polar surface area (TPSA) is 54.0 Å². The van der Waals surface area contributed by atoms with Crippen LogP contribution in [0, 0.1) is 0 Å². The van der Waals surface area contributed by atoms with Gasteiger partial charge in [-0.1, -0.05) is 17.7 Å². The van der Waals surface area contributed by atoms with E-state index in [1.807, 2.05) is 0 Å². The van der Waals surface area contributed by atoms with E-state index < -0.39 is 21.0 Å². The average molecular weight is 392 g/mol. The van der Waals surface area contributed by atoms with Gasteiger partial charge in [-0.15, -0.1) is 9.05 Å². The van der Waals surface area contributed by atoms with Gasteiger partial charge in [-0.25, -0.2) is 0 Å². The van der Waals surface area contributed by atoms with Crippen molar-refractivity contribution in [2.45, 2.75) is 26.6 Å². The molecule has 0 unspecified atom stereocenters. The van der Waals surface area contributed by atoms with E-state index in [4.69, 9.17) is 16.3 Å². The Bertz CT molecular complexity index is 492. The summed E-state index contributed by atoms with van der Waals surface area (Å²) in [4.78, 5) is 0. The zero-order valence-electron chi connectivity index (χ0n) is 13.6. The number of ether oxygens (including phenoxy) is 2. The van der Waals surface area contributed by atoms with E-state index >= 15 is 0 Å². The van der Waals surface area contributed by atoms with E-state index in [1.54, 1.807) is 32.0 Å². The normalized spacial score (nSPS) is 10.8. The van der Waals surface area contributed by atoms with Crippen molar-refractivity contribution in [3.05, 3.63) is 28.8 Å². The summed E-state index contributed by atoms with van der Waals surface area (Å²) < 4.78 is 64.3. The Morgan fingerprint density at radius 2 is 1.75 bits per heavy atom. The summed E-state index contributed by atoms with van der Waals surface area (Å²) in [5, 5.41) is 0.405. The molecule has 24 heavy (non-hydrogen) atoms. The zero-order chi connectivity index (χ0) is 18.6. The minimum atomic E-state index is -4.31. The van der Waals surface area contributed by atoms with Gasteiger partial charge in [0.2, 0.25) is 0 Å². The van der Waals surface area contributed by atoms with Gasteiger partial charge in [0, 0.05) is 4.57 Å². The van der Waals surface area contributed by atoms with Crippen molar-refractivity contribution < 1.29 is 36.3 Å². The van der Waals surface area contributed by atoms with Gasteiger partial charge in [0.05, 0.1) is 18.7 Å². The van der Waals surface area contributed by atoms with Crippen LogP contribution in [0.3, 0.4) is 0 Å². The summed E-state index contributed by atoms with van der Waals surface area (Å²) in [5.41, 5.74) is 0.575. The second-order valence-corrected chi connectivity index (χ2v) is 5.51. The molecule has 0 spiro atoms. The minimum Gasteiger partial charge on any atom is -0.495 e. The van der Waals surface area contributed by atoms with E-state index in [0.29, 0.717) is 29.5 Å². The molecule has 1 aromatic rings. The van der Waals surface area contributed by atoms with Crippen LogP contribution in [0.2, 0.25) is 5.02 Å². The molecule has 0 amide bonds. The van der Waals surface area contributed by atoms with Gasteiger partial charge in [-0.05, 0) is 31.5 Å². The lowest BCUT2D eigenvalue weighted by Crippen LogP contribution is -2.16. The van der Waals surface area contributed by atoms with Crippen molar-refractivity contribution >= 4 is 19.9 Å². The third-order valence-electron chi connectivity index (χ3n) is 2.22. The molecule has 0 aliphatic heterocycles. The first-order valence-electron chi connectivity index (χ1n) is 6.93. The Morgan fingerprint density at radius 1 is 1.17 bits per heavy atom. The van der Waals surface area contributed by atoms with E-state index in [1.165, 1.54) is 7.11 Å². The Labute approximate surface area is 144 Å². The number of rotatable bonds is 8. The monoisotopic (exact) mass is 391 g/mol. The third-order valence-corrected chi connectivity index (χ3v) is 3.47. The number of hydrogen-bond donors (Lipinski definition) is 0. The molecule has 0 radical (unpaired) electrons. The highest BCUT2D eigenvalue weighted by atomic mass is 35.5. The second-order valence-electron chi connectivity index (χ2n) is 4.14. The molecule has 0 atom stereocenters. The predicted octanol–water partition coefficient (Wildman–Crippen LogP) is 5.14. The summed E-state index contributed by atoms with van der Waals surface area (Å²) >= 11 is 5.76. The van der Waals surface area contributed by atoms with Gasteiger partial charge in [-0.3, -0.25) is 0 Å². The van der Waals surface area contributed by atoms with E-state index in [9.17, 15) is 17.7 Å². The van der Waals surface area contributed by atoms with Crippen LogP contribution >= 0.6 is 19.9 Å². The molecule has 0 saturated carbocycles. The molecule has 1 rings (SSSR count). The summed E-state index contributed by atoms with van der Waals surface area (Å²) in [6.45, 7) is 3.02. The molecular formula is C14H20ClF3O5P+. The quantitative estimate of drug-likeness (QED) is 0.574. The van der Waals surface area contributed by atoms with E-state index in [2.05, 4.69) is 13.8 Å². The Hall–Kier alpha value is -0.920.